The van der Waals surface area contributed by atoms with Gasteiger partial charge in [0.2, 0.25) is 0 Å². The summed E-state index contributed by atoms with van der Waals surface area (Å²) in [7, 11) is 0. The highest BCUT2D eigenvalue weighted by molar-refractivity contribution is 6.51. The second kappa shape index (κ2) is 7.08. The van der Waals surface area contributed by atoms with Crippen molar-refractivity contribution in [3.63, 3.8) is 0 Å². The number of halogens is 1. The molecule has 1 amide bonds. The Balaban J connectivity index is 1.98. The van der Waals surface area contributed by atoms with Gasteiger partial charge in [-0.2, -0.15) is 0 Å². The lowest BCUT2D eigenvalue weighted by molar-refractivity contribution is -0.132. The van der Waals surface area contributed by atoms with Crippen molar-refractivity contribution in [3.8, 4) is 0 Å². The number of Topliss-reactive ketones (excluding diaryl/α,β-unsaturated/α-hetero) is 1. The van der Waals surface area contributed by atoms with E-state index >= 15 is 0 Å². The standard InChI is InChI=1S/C22H15FN2O3/c23-16-11-5-4-10-15(16)19-18(20(26)17-12-6-7-13-24-17)21(27)22(28)25(19)14-8-2-1-3-9-14/h1-13,19,26H/b20-18-. The molecule has 28 heavy (non-hydrogen) atoms. The topological polar surface area (TPSA) is 70.5 Å². The van der Waals surface area contributed by atoms with Gasteiger partial charge in [-0.1, -0.05) is 42.5 Å². The molecule has 1 aromatic heterocycles. The van der Waals surface area contributed by atoms with Gasteiger partial charge in [0.1, 0.15) is 11.5 Å². The average molecular weight is 374 g/mol. The SMILES string of the molecule is O=C1C(=O)N(c2ccccc2)C(c2ccccc2F)/C1=C(/O)c1ccccn1. The van der Waals surface area contributed by atoms with Crippen molar-refractivity contribution in [3.05, 3.63) is 102 Å². The van der Waals surface area contributed by atoms with Crippen LogP contribution in [-0.2, 0) is 9.59 Å². The normalized spacial score (nSPS) is 18.5. The van der Waals surface area contributed by atoms with E-state index in [1.54, 1.807) is 48.5 Å². The number of para-hydroxylation sites is 1. The molecule has 4 rings (SSSR count). The van der Waals surface area contributed by atoms with Gasteiger partial charge in [-0.15, -0.1) is 0 Å². The molecule has 2 heterocycles. The number of hydrogen-bond donors (Lipinski definition) is 1. The minimum Gasteiger partial charge on any atom is -0.505 e. The van der Waals surface area contributed by atoms with Crippen molar-refractivity contribution in [2.24, 2.45) is 0 Å². The number of rotatable bonds is 3. The van der Waals surface area contributed by atoms with E-state index in [1.165, 1.54) is 35.4 Å². The highest BCUT2D eigenvalue weighted by Crippen LogP contribution is 2.42. The maximum Gasteiger partial charge on any atom is 0.300 e. The molecular formula is C22H15FN2O3. The van der Waals surface area contributed by atoms with Crippen LogP contribution in [0.5, 0.6) is 0 Å². The lowest BCUT2D eigenvalue weighted by atomic mass is 9.96. The van der Waals surface area contributed by atoms with Gasteiger partial charge in [0.15, 0.2) is 5.76 Å². The molecule has 5 nitrogen and oxygen atoms in total. The number of amides is 1. The first-order valence-corrected chi connectivity index (χ1v) is 8.61. The number of carbonyl (C=O) groups excluding carboxylic acids is 2. The first kappa shape index (κ1) is 17.6. The van der Waals surface area contributed by atoms with E-state index in [1.807, 2.05) is 0 Å². The molecule has 0 aliphatic carbocycles. The van der Waals surface area contributed by atoms with E-state index < -0.39 is 29.3 Å². The van der Waals surface area contributed by atoms with Gasteiger partial charge >= 0.3 is 0 Å². The Morgan fingerprint density at radius 2 is 1.61 bits per heavy atom. The Kier molecular flexibility index (Phi) is 4.45. The highest BCUT2D eigenvalue weighted by atomic mass is 19.1. The summed E-state index contributed by atoms with van der Waals surface area (Å²) in [6.45, 7) is 0. The molecule has 138 valence electrons. The zero-order valence-electron chi connectivity index (χ0n) is 14.6. The molecule has 1 N–H and O–H groups in total. The quantitative estimate of drug-likeness (QED) is 0.430. The predicted octanol–water partition coefficient (Wildman–Crippen LogP) is 3.85. The van der Waals surface area contributed by atoms with Crippen molar-refractivity contribution in [1.82, 2.24) is 4.98 Å². The molecule has 0 saturated carbocycles. The summed E-state index contributed by atoms with van der Waals surface area (Å²) in [6.07, 6.45) is 1.46. The van der Waals surface area contributed by atoms with E-state index in [0.29, 0.717) is 5.69 Å². The van der Waals surface area contributed by atoms with Crippen LogP contribution in [0.25, 0.3) is 5.76 Å². The number of aliphatic hydroxyl groups is 1. The summed E-state index contributed by atoms with van der Waals surface area (Å²) >= 11 is 0. The Hall–Kier alpha value is -3.80. The van der Waals surface area contributed by atoms with Crippen molar-refractivity contribution in [2.75, 3.05) is 4.90 Å². The van der Waals surface area contributed by atoms with Crippen molar-refractivity contribution >= 4 is 23.1 Å². The lowest BCUT2D eigenvalue weighted by Gasteiger charge is -2.25. The molecule has 0 radical (unpaired) electrons. The van der Waals surface area contributed by atoms with E-state index in [9.17, 15) is 19.1 Å². The third-order valence-electron chi connectivity index (χ3n) is 4.59. The summed E-state index contributed by atoms with van der Waals surface area (Å²) in [5.41, 5.74) is 0.480. The molecule has 3 aromatic rings. The van der Waals surface area contributed by atoms with Crippen LogP contribution >= 0.6 is 0 Å². The van der Waals surface area contributed by atoms with Crippen LogP contribution in [0, 0.1) is 5.82 Å². The number of carbonyl (C=O) groups is 2. The number of hydrogen-bond acceptors (Lipinski definition) is 4. The smallest absolute Gasteiger partial charge is 0.300 e. The van der Waals surface area contributed by atoms with Gasteiger partial charge in [0.05, 0.1) is 11.6 Å². The monoisotopic (exact) mass is 374 g/mol. The molecule has 1 atom stereocenters. The van der Waals surface area contributed by atoms with Crippen LogP contribution in [0.4, 0.5) is 10.1 Å². The Morgan fingerprint density at radius 1 is 0.929 bits per heavy atom. The fourth-order valence-corrected chi connectivity index (χ4v) is 3.32. The minimum absolute atomic E-state index is 0.114. The van der Waals surface area contributed by atoms with Crippen LogP contribution in [0.1, 0.15) is 17.3 Å². The second-order valence-corrected chi connectivity index (χ2v) is 6.24. The molecule has 1 aliphatic heterocycles. The first-order valence-electron chi connectivity index (χ1n) is 8.61. The number of aliphatic hydroxyl groups excluding tert-OH is 1. The number of nitrogens with zero attached hydrogens (tertiary/aromatic N) is 2. The van der Waals surface area contributed by atoms with E-state index in [4.69, 9.17) is 0 Å². The number of aromatic nitrogens is 1. The maximum atomic E-state index is 14.7. The van der Waals surface area contributed by atoms with Gasteiger partial charge in [-0.25, -0.2) is 4.39 Å². The summed E-state index contributed by atoms with van der Waals surface area (Å²) in [5, 5.41) is 10.8. The molecule has 1 unspecified atom stereocenters. The van der Waals surface area contributed by atoms with Gasteiger partial charge < -0.3 is 5.11 Å². The molecule has 0 bridgehead atoms. The number of anilines is 1. The Morgan fingerprint density at radius 3 is 2.29 bits per heavy atom. The maximum absolute atomic E-state index is 14.7. The molecule has 1 saturated heterocycles. The van der Waals surface area contributed by atoms with E-state index in [2.05, 4.69) is 4.98 Å². The first-order chi connectivity index (χ1) is 13.6. The number of benzene rings is 2. The molecule has 1 fully saturated rings. The fraction of sp³-hybridized carbons (Fsp3) is 0.0455. The number of pyridine rings is 1. The highest BCUT2D eigenvalue weighted by Gasteiger charge is 2.47. The third-order valence-corrected chi connectivity index (χ3v) is 4.59. The van der Waals surface area contributed by atoms with Gasteiger partial charge in [-0.3, -0.25) is 19.5 Å². The summed E-state index contributed by atoms with van der Waals surface area (Å²) in [4.78, 5) is 30.9. The van der Waals surface area contributed by atoms with Crippen molar-refractivity contribution in [2.45, 2.75) is 6.04 Å². The van der Waals surface area contributed by atoms with Crippen LogP contribution in [0.3, 0.4) is 0 Å². The molecular weight excluding hydrogens is 359 g/mol. The van der Waals surface area contributed by atoms with Crippen molar-refractivity contribution in [1.29, 1.82) is 0 Å². The summed E-state index contributed by atoms with van der Waals surface area (Å²) in [6, 6.07) is 18.1. The van der Waals surface area contributed by atoms with Crippen LogP contribution < -0.4 is 4.90 Å². The van der Waals surface area contributed by atoms with Crippen LogP contribution in [0.15, 0.2) is 84.6 Å². The van der Waals surface area contributed by atoms with Gasteiger partial charge in [-0.05, 0) is 30.3 Å². The average Bonchev–Trinajstić information content (AvgIpc) is 3.00. The van der Waals surface area contributed by atoms with Gasteiger partial charge in [0.25, 0.3) is 11.7 Å². The van der Waals surface area contributed by atoms with Gasteiger partial charge in [0, 0.05) is 17.4 Å². The predicted molar refractivity (Wildman–Crippen MR) is 102 cm³/mol. The minimum atomic E-state index is -1.11. The summed E-state index contributed by atoms with van der Waals surface area (Å²) < 4.78 is 14.7. The zero-order valence-corrected chi connectivity index (χ0v) is 14.6. The van der Waals surface area contributed by atoms with Crippen LogP contribution in [-0.4, -0.2) is 21.8 Å². The van der Waals surface area contributed by atoms with Crippen molar-refractivity contribution < 1.29 is 19.1 Å². The lowest BCUT2D eigenvalue weighted by Crippen LogP contribution is -2.29. The number of ketones is 1. The molecule has 0 spiro atoms. The largest absolute Gasteiger partial charge is 0.505 e. The Bertz CT molecular complexity index is 1080. The fourth-order valence-electron chi connectivity index (χ4n) is 3.32. The second-order valence-electron chi connectivity index (χ2n) is 6.24. The van der Waals surface area contributed by atoms with Crippen LogP contribution in [0.2, 0.25) is 0 Å². The molecule has 2 aromatic carbocycles. The molecule has 1 aliphatic rings. The zero-order chi connectivity index (χ0) is 19.7. The van der Waals surface area contributed by atoms with E-state index in [0.717, 1.165) is 0 Å². The summed E-state index contributed by atoms with van der Waals surface area (Å²) in [5.74, 6) is -2.75. The third kappa shape index (κ3) is 2.85. The molecule has 6 heteroatoms. The van der Waals surface area contributed by atoms with E-state index in [-0.39, 0.29) is 16.8 Å². The Labute approximate surface area is 160 Å².